The van der Waals surface area contributed by atoms with E-state index < -0.39 is 0 Å². The molecule has 1 aromatic rings. The first-order valence-corrected chi connectivity index (χ1v) is 10.7. The Labute approximate surface area is 173 Å². The van der Waals surface area contributed by atoms with Gasteiger partial charge in [-0.15, -0.1) is 0 Å². The number of anilines is 2. The van der Waals surface area contributed by atoms with E-state index in [1.165, 1.54) is 19.3 Å². The van der Waals surface area contributed by atoms with Crippen LogP contribution in [0.2, 0.25) is 0 Å². The second-order valence-corrected chi connectivity index (χ2v) is 8.25. The predicted octanol–water partition coefficient (Wildman–Crippen LogP) is 2.85. The van der Waals surface area contributed by atoms with Crippen molar-refractivity contribution in [3.8, 4) is 0 Å². The third-order valence-corrected chi connectivity index (χ3v) is 6.10. The number of hydrogen-bond acceptors (Lipinski definition) is 4. The van der Waals surface area contributed by atoms with E-state index in [4.69, 9.17) is 17.0 Å². The van der Waals surface area contributed by atoms with E-state index in [0.29, 0.717) is 17.1 Å². The Morgan fingerprint density at radius 2 is 1.89 bits per heavy atom. The number of carbonyl (C=O) groups is 1. The highest BCUT2D eigenvalue weighted by atomic mass is 32.1. The zero-order valence-electron chi connectivity index (χ0n) is 16.9. The van der Waals surface area contributed by atoms with Gasteiger partial charge in [-0.05, 0) is 55.2 Å². The lowest BCUT2D eigenvalue weighted by Crippen LogP contribution is -2.48. The van der Waals surface area contributed by atoms with Crippen LogP contribution in [0.5, 0.6) is 0 Å². The highest BCUT2D eigenvalue weighted by molar-refractivity contribution is 7.80. The smallest absolute Gasteiger partial charge is 0.243 e. The monoisotopic (exact) mass is 404 g/mol. The molecule has 1 saturated heterocycles. The molecule has 2 atom stereocenters. The highest BCUT2D eigenvalue weighted by Gasteiger charge is 2.23. The van der Waals surface area contributed by atoms with E-state index in [2.05, 4.69) is 22.5 Å². The number of nitrogens with zero attached hydrogens (tertiary/aromatic N) is 2. The number of nitrogens with one attached hydrogen (secondary N) is 2. The number of ether oxygens (including phenoxy) is 1. The molecule has 2 aliphatic rings. The molecule has 0 radical (unpaired) electrons. The Morgan fingerprint density at radius 3 is 2.57 bits per heavy atom. The van der Waals surface area contributed by atoms with Gasteiger partial charge in [0.05, 0.1) is 19.8 Å². The van der Waals surface area contributed by atoms with Crippen molar-refractivity contribution < 1.29 is 9.53 Å². The van der Waals surface area contributed by atoms with Crippen molar-refractivity contribution in [2.45, 2.75) is 38.6 Å². The van der Waals surface area contributed by atoms with Gasteiger partial charge >= 0.3 is 0 Å². The molecule has 154 valence electrons. The van der Waals surface area contributed by atoms with Gasteiger partial charge in [0.1, 0.15) is 0 Å². The van der Waals surface area contributed by atoms with E-state index in [0.717, 1.165) is 44.1 Å². The molecule has 6 nitrogen and oxygen atoms in total. The summed E-state index contributed by atoms with van der Waals surface area (Å²) in [5.74, 6) is 0.557. The van der Waals surface area contributed by atoms with Crippen LogP contribution in [-0.2, 0) is 9.53 Å². The van der Waals surface area contributed by atoms with Crippen molar-refractivity contribution >= 4 is 34.6 Å². The van der Waals surface area contributed by atoms with Gasteiger partial charge in [-0.3, -0.25) is 4.79 Å². The first kappa shape index (κ1) is 20.9. The van der Waals surface area contributed by atoms with E-state index >= 15 is 0 Å². The van der Waals surface area contributed by atoms with Crippen molar-refractivity contribution in [3.05, 3.63) is 24.3 Å². The van der Waals surface area contributed by atoms with Gasteiger partial charge in [0.15, 0.2) is 5.11 Å². The standard InChI is InChI=1S/C21H32N4O2S/c1-16-5-3-4-6-19(16)23-21(28)24(2)15-20(26)22-17-7-9-18(10-8-17)25-11-13-27-14-12-25/h7-10,16,19H,3-6,11-15H2,1-2H3,(H,22,26)(H,23,28)/t16-,19+/m0/s1. The SMILES string of the molecule is C[C@H]1CCCC[C@H]1NC(=S)N(C)CC(=O)Nc1ccc(N2CCOCC2)cc1. The molecule has 1 saturated carbocycles. The van der Waals surface area contributed by atoms with Crippen molar-refractivity contribution in [2.75, 3.05) is 50.1 Å². The van der Waals surface area contributed by atoms with E-state index in [9.17, 15) is 4.79 Å². The number of thiocarbonyl (C=S) groups is 1. The molecular formula is C21H32N4O2S. The number of morpholine rings is 1. The van der Waals surface area contributed by atoms with Crippen LogP contribution in [0.3, 0.4) is 0 Å². The summed E-state index contributed by atoms with van der Waals surface area (Å²) in [4.78, 5) is 16.5. The zero-order valence-corrected chi connectivity index (χ0v) is 17.8. The lowest BCUT2D eigenvalue weighted by atomic mass is 9.86. The summed E-state index contributed by atoms with van der Waals surface area (Å²) in [6.45, 7) is 5.84. The number of hydrogen-bond donors (Lipinski definition) is 2. The molecule has 1 heterocycles. The largest absolute Gasteiger partial charge is 0.378 e. The lowest BCUT2D eigenvalue weighted by Gasteiger charge is -2.32. The average Bonchev–Trinajstić information content (AvgIpc) is 2.71. The highest BCUT2D eigenvalue weighted by Crippen LogP contribution is 2.24. The molecule has 2 fully saturated rings. The van der Waals surface area contributed by atoms with Gasteiger partial charge in [-0.1, -0.05) is 19.8 Å². The minimum Gasteiger partial charge on any atom is -0.378 e. The third kappa shape index (κ3) is 5.82. The molecular weight excluding hydrogens is 372 g/mol. The minimum atomic E-state index is -0.0672. The average molecular weight is 405 g/mol. The molecule has 0 bridgehead atoms. The topological polar surface area (TPSA) is 56.8 Å². The quantitative estimate of drug-likeness (QED) is 0.736. The fraction of sp³-hybridized carbons (Fsp3) is 0.619. The number of benzene rings is 1. The Hall–Kier alpha value is -1.86. The van der Waals surface area contributed by atoms with Crippen molar-refractivity contribution in [2.24, 2.45) is 5.92 Å². The summed E-state index contributed by atoms with van der Waals surface area (Å²) in [7, 11) is 1.87. The predicted molar refractivity (Wildman–Crippen MR) is 118 cm³/mol. The van der Waals surface area contributed by atoms with Crippen LogP contribution in [-0.4, -0.2) is 61.9 Å². The maximum absolute atomic E-state index is 12.4. The van der Waals surface area contributed by atoms with Crippen LogP contribution in [0.1, 0.15) is 32.6 Å². The molecule has 0 spiro atoms. The number of carbonyl (C=O) groups excluding carboxylic acids is 1. The third-order valence-electron chi connectivity index (χ3n) is 5.68. The normalized spacial score (nSPS) is 22.4. The Balaban J connectivity index is 1.45. The molecule has 1 aromatic carbocycles. The minimum absolute atomic E-state index is 0.0672. The van der Waals surface area contributed by atoms with E-state index in [1.54, 1.807) is 0 Å². The van der Waals surface area contributed by atoms with Crippen molar-refractivity contribution in [1.82, 2.24) is 10.2 Å². The van der Waals surface area contributed by atoms with Crippen LogP contribution in [0.25, 0.3) is 0 Å². The van der Waals surface area contributed by atoms with Crippen LogP contribution >= 0.6 is 12.2 Å². The molecule has 28 heavy (non-hydrogen) atoms. The van der Waals surface area contributed by atoms with Crippen LogP contribution in [0, 0.1) is 5.92 Å². The maximum Gasteiger partial charge on any atom is 0.243 e. The van der Waals surface area contributed by atoms with Crippen LogP contribution < -0.4 is 15.5 Å². The molecule has 3 rings (SSSR count). The maximum atomic E-state index is 12.4. The number of likely N-dealkylation sites (N-methyl/N-ethyl adjacent to an activating group) is 1. The summed E-state index contributed by atoms with van der Waals surface area (Å²) in [6, 6.07) is 8.40. The molecule has 1 aliphatic carbocycles. The van der Waals surface area contributed by atoms with Crippen molar-refractivity contribution in [3.63, 3.8) is 0 Å². The van der Waals surface area contributed by atoms with Gasteiger partial charge < -0.3 is 25.2 Å². The molecule has 2 N–H and O–H groups in total. The Morgan fingerprint density at radius 1 is 1.21 bits per heavy atom. The number of rotatable bonds is 5. The van der Waals surface area contributed by atoms with Crippen molar-refractivity contribution in [1.29, 1.82) is 0 Å². The molecule has 1 aliphatic heterocycles. The van der Waals surface area contributed by atoms with Crippen LogP contribution in [0.15, 0.2) is 24.3 Å². The Bertz CT molecular complexity index is 661. The molecule has 0 unspecified atom stereocenters. The Kier molecular flexibility index (Phi) is 7.50. The molecule has 7 heteroatoms. The molecule has 1 amide bonds. The van der Waals surface area contributed by atoms with Gasteiger partial charge in [-0.25, -0.2) is 0 Å². The second-order valence-electron chi connectivity index (χ2n) is 7.87. The van der Waals surface area contributed by atoms with Gasteiger partial charge in [-0.2, -0.15) is 0 Å². The van der Waals surface area contributed by atoms with Gasteiger partial charge in [0.25, 0.3) is 0 Å². The summed E-state index contributed by atoms with van der Waals surface area (Å²) in [5.41, 5.74) is 1.96. The van der Waals surface area contributed by atoms with Gasteiger partial charge in [0, 0.05) is 37.6 Å². The molecule has 0 aromatic heterocycles. The van der Waals surface area contributed by atoms with Crippen LogP contribution in [0.4, 0.5) is 11.4 Å². The first-order valence-electron chi connectivity index (χ1n) is 10.3. The zero-order chi connectivity index (χ0) is 19.9. The summed E-state index contributed by atoms with van der Waals surface area (Å²) in [5, 5.41) is 7.05. The summed E-state index contributed by atoms with van der Waals surface area (Å²) < 4.78 is 5.39. The number of amides is 1. The second kappa shape index (κ2) is 10.1. The van der Waals surface area contributed by atoms with E-state index in [1.807, 2.05) is 36.2 Å². The van der Waals surface area contributed by atoms with E-state index in [-0.39, 0.29) is 12.5 Å². The first-order chi connectivity index (χ1) is 13.5. The summed E-state index contributed by atoms with van der Waals surface area (Å²) in [6.07, 6.45) is 4.94. The fourth-order valence-corrected chi connectivity index (χ4v) is 4.08. The van der Waals surface area contributed by atoms with Gasteiger partial charge in [0.2, 0.25) is 5.91 Å². The fourth-order valence-electron chi connectivity index (χ4n) is 3.86. The summed E-state index contributed by atoms with van der Waals surface area (Å²) >= 11 is 5.50. The lowest BCUT2D eigenvalue weighted by molar-refractivity contribution is -0.116.